The number of ketones is 1. The van der Waals surface area contributed by atoms with E-state index in [1.54, 1.807) is 6.92 Å². The second-order valence-corrected chi connectivity index (χ2v) is 4.67. The van der Waals surface area contributed by atoms with Crippen molar-refractivity contribution in [2.45, 2.75) is 19.8 Å². The molecule has 1 aliphatic carbocycles. The van der Waals surface area contributed by atoms with Crippen LogP contribution in [0.25, 0.3) is 23.4 Å². The predicted octanol–water partition coefficient (Wildman–Crippen LogP) is 2.24. The van der Waals surface area contributed by atoms with Gasteiger partial charge in [-0.3, -0.25) is 4.79 Å². The van der Waals surface area contributed by atoms with Gasteiger partial charge in [-0.1, -0.05) is 36.4 Å². The summed E-state index contributed by atoms with van der Waals surface area (Å²) in [6, 6.07) is 9.92. The molecular formula is C16H15NO. The number of Topliss-reactive ketones (excluding diaryl/α,β-unsaturated/α-hetero) is 1. The van der Waals surface area contributed by atoms with Crippen molar-refractivity contribution < 1.29 is 4.79 Å². The van der Waals surface area contributed by atoms with E-state index in [1.165, 1.54) is 10.6 Å². The Morgan fingerprint density at radius 1 is 1.11 bits per heavy atom. The maximum Gasteiger partial charge on any atom is 0.159 e. The fraction of sp³-hybridized carbons (Fsp3) is 0.188. The number of hydrogen-bond acceptors (Lipinski definition) is 1. The van der Waals surface area contributed by atoms with Gasteiger partial charge in [0.05, 0.1) is 0 Å². The first kappa shape index (κ1) is 11.0. The van der Waals surface area contributed by atoms with Crippen molar-refractivity contribution >= 4 is 17.9 Å². The third-order valence-electron chi connectivity index (χ3n) is 3.36. The lowest BCUT2D eigenvalue weighted by Gasteiger charge is -1.99. The van der Waals surface area contributed by atoms with Crippen molar-refractivity contribution in [3.05, 3.63) is 46.5 Å². The van der Waals surface area contributed by atoms with E-state index in [4.69, 9.17) is 0 Å². The number of nitrogens with one attached hydrogen (secondary N) is 1. The molecule has 1 heterocycles. The Balaban J connectivity index is 2.05. The Labute approximate surface area is 106 Å². The molecule has 0 radical (unpaired) electrons. The van der Waals surface area contributed by atoms with E-state index in [1.807, 2.05) is 24.3 Å². The molecule has 0 atom stereocenters. The molecule has 2 nitrogen and oxygen atoms in total. The topological polar surface area (TPSA) is 32.9 Å². The van der Waals surface area contributed by atoms with E-state index in [-0.39, 0.29) is 5.78 Å². The molecule has 1 aliphatic rings. The minimum absolute atomic E-state index is 0.106. The van der Waals surface area contributed by atoms with Crippen LogP contribution in [0, 0.1) is 0 Å². The lowest BCUT2D eigenvalue weighted by atomic mass is 10.1. The second kappa shape index (κ2) is 4.30. The summed E-state index contributed by atoms with van der Waals surface area (Å²) in [5.74, 6) is 0.106. The lowest BCUT2D eigenvalue weighted by molar-refractivity contribution is 0.101. The molecule has 3 rings (SSSR count). The molecular weight excluding hydrogens is 222 g/mol. The van der Waals surface area contributed by atoms with Gasteiger partial charge in [-0.05, 0) is 36.6 Å². The van der Waals surface area contributed by atoms with Gasteiger partial charge in [-0.2, -0.15) is 0 Å². The summed E-state index contributed by atoms with van der Waals surface area (Å²) in [4.78, 5) is 14.7. The maximum atomic E-state index is 11.2. The standard InChI is InChI=1S/C16H15NO/c1-11(18)12-6-8-13(9-7-12)16-10-14-4-2-3-5-15(14)17-16/h4-10,17H,2-3H2,1H3. The minimum atomic E-state index is 0.106. The molecule has 0 saturated carbocycles. The van der Waals surface area contributed by atoms with Crippen LogP contribution < -0.4 is 10.6 Å². The Hall–Kier alpha value is -2.09. The third-order valence-corrected chi connectivity index (χ3v) is 3.36. The zero-order chi connectivity index (χ0) is 12.5. The Bertz CT molecular complexity index is 671. The van der Waals surface area contributed by atoms with Gasteiger partial charge in [0.15, 0.2) is 5.78 Å². The molecule has 1 aromatic heterocycles. The second-order valence-electron chi connectivity index (χ2n) is 4.67. The highest BCUT2D eigenvalue weighted by molar-refractivity contribution is 5.94. The van der Waals surface area contributed by atoms with Crippen molar-refractivity contribution in [3.63, 3.8) is 0 Å². The first-order chi connectivity index (χ1) is 8.74. The number of rotatable bonds is 2. The fourth-order valence-corrected chi connectivity index (χ4v) is 2.33. The molecule has 90 valence electrons. The largest absolute Gasteiger partial charge is 0.355 e. The van der Waals surface area contributed by atoms with E-state index in [0.29, 0.717) is 0 Å². The highest BCUT2D eigenvalue weighted by Gasteiger charge is 2.04. The molecule has 0 aliphatic heterocycles. The lowest BCUT2D eigenvalue weighted by Crippen LogP contribution is -2.23. The molecule has 0 amide bonds. The van der Waals surface area contributed by atoms with Crippen LogP contribution in [0.15, 0.2) is 30.3 Å². The van der Waals surface area contributed by atoms with Crippen LogP contribution in [0.1, 0.15) is 30.1 Å². The van der Waals surface area contributed by atoms with Gasteiger partial charge in [0, 0.05) is 16.6 Å². The van der Waals surface area contributed by atoms with Gasteiger partial charge in [0.1, 0.15) is 0 Å². The van der Waals surface area contributed by atoms with E-state index in [0.717, 1.165) is 29.7 Å². The van der Waals surface area contributed by atoms with Crippen molar-refractivity contribution in [2.24, 2.45) is 0 Å². The van der Waals surface area contributed by atoms with Crippen LogP contribution >= 0.6 is 0 Å². The third kappa shape index (κ3) is 1.90. The Morgan fingerprint density at radius 3 is 2.50 bits per heavy atom. The van der Waals surface area contributed by atoms with Gasteiger partial charge < -0.3 is 4.98 Å². The number of aromatic nitrogens is 1. The summed E-state index contributed by atoms with van der Waals surface area (Å²) in [6.07, 6.45) is 6.73. The number of fused-ring (bicyclic) bond motifs is 1. The van der Waals surface area contributed by atoms with Crippen LogP contribution in [0.3, 0.4) is 0 Å². The summed E-state index contributed by atoms with van der Waals surface area (Å²) in [7, 11) is 0. The molecule has 1 N–H and O–H groups in total. The number of hydrogen-bond donors (Lipinski definition) is 1. The number of carbonyl (C=O) groups excluding carboxylic acids is 1. The normalized spacial score (nSPS) is 13.4. The van der Waals surface area contributed by atoms with Crippen LogP contribution in [0.4, 0.5) is 0 Å². The summed E-state index contributed by atoms with van der Waals surface area (Å²) < 4.78 is 0. The molecule has 2 heteroatoms. The SMILES string of the molecule is CC(=O)c1ccc(-c2cc3c([nH]2)=CCCC=3)cc1. The monoisotopic (exact) mass is 237 g/mol. The molecule has 0 saturated heterocycles. The first-order valence-corrected chi connectivity index (χ1v) is 6.25. The highest BCUT2D eigenvalue weighted by atomic mass is 16.1. The fourth-order valence-electron chi connectivity index (χ4n) is 2.33. The Kier molecular flexibility index (Phi) is 2.63. The van der Waals surface area contributed by atoms with Crippen molar-refractivity contribution in [1.82, 2.24) is 4.98 Å². The summed E-state index contributed by atoms with van der Waals surface area (Å²) in [5.41, 5.74) is 2.99. The van der Waals surface area contributed by atoms with Crippen LogP contribution in [0.5, 0.6) is 0 Å². The van der Waals surface area contributed by atoms with Crippen molar-refractivity contribution in [3.8, 4) is 11.3 Å². The highest BCUT2D eigenvalue weighted by Crippen LogP contribution is 2.16. The van der Waals surface area contributed by atoms with E-state index < -0.39 is 0 Å². The zero-order valence-electron chi connectivity index (χ0n) is 10.4. The number of aromatic amines is 1. The summed E-state index contributed by atoms with van der Waals surface area (Å²) >= 11 is 0. The molecule has 2 aromatic rings. The molecule has 0 spiro atoms. The molecule has 1 aromatic carbocycles. The van der Waals surface area contributed by atoms with Gasteiger partial charge >= 0.3 is 0 Å². The van der Waals surface area contributed by atoms with Crippen molar-refractivity contribution in [1.29, 1.82) is 0 Å². The quantitative estimate of drug-likeness (QED) is 0.798. The summed E-state index contributed by atoms with van der Waals surface area (Å²) in [5, 5.41) is 2.50. The summed E-state index contributed by atoms with van der Waals surface area (Å²) in [6.45, 7) is 1.59. The van der Waals surface area contributed by atoms with Gasteiger partial charge in [0.2, 0.25) is 0 Å². The van der Waals surface area contributed by atoms with Crippen LogP contribution in [-0.4, -0.2) is 10.8 Å². The van der Waals surface area contributed by atoms with E-state index in [2.05, 4.69) is 23.2 Å². The minimum Gasteiger partial charge on any atom is -0.355 e. The molecule has 0 bridgehead atoms. The Morgan fingerprint density at radius 2 is 1.83 bits per heavy atom. The van der Waals surface area contributed by atoms with Gasteiger partial charge in [-0.25, -0.2) is 0 Å². The molecule has 0 fully saturated rings. The smallest absolute Gasteiger partial charge is 0.159 e. The average molecular weight is 237 g/mol. The van der Waals surface area contributed by atoms with E-state index in [9.17, 15) is 4.79 Å². The van der Waals surface area contributed by atoms with Crippen molar-refractivity contribution in [2.75, 3.05) is 0 Å². The maximum absolute atomic E-state index is 11.2. The number of H-pyrrole nitrogens is 1. The first-order valence-electron chi connectivity index (χ1n) is 6.25. The number of benzene rings is 1. The zero-order valence-corrected chi connectivity index (χ0v) is 10.4. The number of carbonyl (C=O) groups is 1. The molecule has 18 heavy (non-hydrogen) atoms. The van der Waals surface area contributed by atoms with Gasteiger partial charge in [-0.15, -0.1) is 0 Å². The van der Waals surface area contributed by atoms with E-state index >= 15 is 0 Å². The predicted molar refractivity (Wildman–Crippen MR) is 73.6 cm³/mol. The molecule has 0 unspecified atom stereocenters. The van der Waals surface area contributed by atoms with Crippen LogP contribution in [0.2, 0.25) is 0 Å². The van der Waals surface area contributed by atoms with Crippen LogP contribution in [-0.2, 0) is 0 Å². The average Bonchev–Trinajstić information content (AvgIpc) is 2.82. The van der Waals surface area contributed by atoms with Gasteiger partial charge in [0.25, 0.3) is 0 Å².